The number of nitrogens with two attached hydrogens (primary N) is 1. The van der Waals surface area contributed by atoms with Crippen molar-refractivity contribution in [2.75, 3.05) is 10.5 Å². The van der Waals surface area contributed by atoms with Gasteiger partial charge in [-0.15, -0.1) is 0 Å². The first-order chi connectivity index (χ1) is 10.2. The molecule has 2 aromatic rings. The third-order valence-electron chi connectivity index (χ3n) is 3.14. The SMILES string of the molecule is Cc1ccc(S(=O)(=O)Nc2cccc([N+](=O)[O-])c2N)c(C)c1. The molecule has 8 heteroatoms. The molecule has 22 heavy (non-hydrogen) atoms. The molecule has 0 atom stereocenters. The van der Waals surface area contributed by atoms with Crippen LogP contribution in [0.1, 0.15) is 11.1 Å². The summed E-state index contributed by atoms with van der Waals surface area (Å²) in [6, 6.07) is 8.87. The van der Waals surface area contributed by atoms with Crippen molar-refractivity contribution in [1.29, 1.82) is 0 Å². The minimum Gasteiger partial charge on any atom is -0.391 e. The Morgan fingerprint density at radius 1 is 1.18 bits per heavy atom. The van der Waals surface area contributed by atoms with E-state index in [0.717, 1.165) is 5.56 Å². The Hall–Kier alpha value is -2.61. The van der Waals surface area contributed by atoms with Crippen molar-refractivity contribution in [1.82, 2.24) is 0 Å². The zero-order chi connectivity index (χ0) is 16.5. The first-order valence-corrected chi connectivity index (χ1v) is 7.83. The summed E-state index contributed by atoms with van der Waals surface area (Å²) in [6.45, 7) is 3.54. The Morgan fingerprint density at radius 3 is 2.45 bits per heavy atom. The fraction of sp³-hybridized carbons (Fsp3) is 0.143. The fourth-order valence-electron chi connectivity index (χ4n) is 2.10. The van der Waals surface area contributed by atoms with Gasteiger partial charge in [-0.25, -0.2) is 8.42 Å². The summed E-state index contributed by atoms with van der Waals surface area (Å²) >= 11 is 0. The zero-order valence-electron chi connectivity index (χ0n) is 12.0. The quantitative estimate of drug-likeness (QED) is 0.510. The number of nitro groups is 1. The van der Waals surface area contributed by atoms with Crippen LogP contribution in [0.15, 0.2) is 41.3 Å². The number of anilines is 2. The van der Waals surface area contributed by atoms with Gasteiger partial charge in [-0.2, -0.15) is 0 Å². The van der Waals surface area contributed by atoms with Crippen molar-refractivity contribution in [3.8, 4) is 0 Å². The lowest BCUT2D eigenvalue weighted by atomic mass is 10.2. The molecule has 0 heterocycles. The van der Waals surface area contributed by atoms with Crippen molar-refractivity contribution in [3.63, 3.8) is 0 Å². The molecule has 3 N–H and O–H groups in total. The molecule has 0 aliphatic rings. The van der Waals surface area contributed by atoms with Crippen LogP contribution in [0.5, 0.6) is 0 Å². The Bertz CT molecular complexity index is 847. The Labute approximate surface area is 128 Å². The number of nitrogens with zero attached hydrogens (tertiary/aromatic N) is 1. The van der Waals surface area contributed by atoms with E-state index in [1.807, 2.05) is 6.92 Å². The number of nitrogens with one attached hydrogen (secondary N) is 1. The third kappa shape index (κ3) is 3.01. The monoisotopic (exact) mass is 321 g/mol. The largest absolute Gasteiger partial charge is 0.391 e. The van der Waals surface area contributed by atoms with Gasteiger partial charge in [-0.3, -0.25) is 14.8 Å². The Kier molecular flexibility index (Phi) is 4.05. The van der Waals surface area contributed by atoms with Crippen LogP contribution in [-0.4, -0.2) is 13.3 Å². The third-order valence-corrected chi connectivity index (χ3v) is 4.67. The molecule has 0 saturated carbocycles. The van der Waals surface area contributed by atoms with Crippen LogP contribution in [0.4, 0.5) is 17.1 Å². The molecule has 0 saturated heterocycles. The minimum atomic E-state index is -3.88. The highest BCUT2D eigenvalue weighted by Gasteiger charge is 2.21. The summed E-state index contributed by atoms with van der Waals surface area (Å²) in [6.07, 6.45) is 0. The summed E-state index contributed by atoms with van der Waals surface area (Å²) < 4.78 is 27.2. The second-order valence-electron chi connectivity index (χ2n) is 4.87. The summed E-state index contributed by atoms with van der Waals surface area (Å²) in [7, 11) is -3.88. The van der Waals surface area contributed by atoms with Gasteiger partial charge >= 0.3 is 0 Å². The van der Waals surface area contributed by atoms with Gasteiger partial charge in [0.25, 0.3) is 15.7 Å². The van der Waals surface area contributed by atoms with E-state index in [1.54, 1.807) is 19.1 Å². The predicted molar refractivity (Wildman–Crippen MR) is 84.2 cm³/mol. The summed E-state index contributed by atoms with van der Waals surface area (Å²) in [5.74, 6) is 0. The van der Waals surface area contributed by atoms with Crippen LogP contribution < -0.4 is 10.5 Å². The van der Waals surface area contributed by atoms with Crippen molar-refractivity contribution in [3.05, 3.63) is 57.6 Å². The van der Waals surface area contributed by atoms with Crippen LogP contribution in [0.2, 0.25) is 0 Å². The van der Waals surface area contributed by atoms with E-state index >= 15 is 0 Å². The van der Waals surface area contributed by atoms with E-state index in [9.17, 15) is 18.5 Å². The van der Waals surface area contributed by atoms with E-state index in [2.05, 4.69) is 4.72 Å². The molecule has 2 aromatic carbocycles. The maximum absolute atomic E-state index is 12.4. The second-order valence-corrected chi connectivity index (χ2v) is 6.52. The van der Waals surface area contributed by atoms with Gasteiger partial charge in [-0.1, -0.05) is 23.8 Å². The number of nitro benzene ring substituents is 1. The lowest BCUT2D eigenvalue weighted by Gasteiger charge is -2.12. The molecule has 2 rings (SSSR count). The molecule has 0 bridgehead atoms. The first-order valence-electron chi connectivity index (χ1n) is 6.35. The number of hydrogen-bond donors (Lipinski definition) is 2. The van der Waals surface area contributed by atoms with Crippen LogP contribution in [0.25, 0.3) is 0 Å². The number of sulfonamides is 1. The summed E-state index contributed by atoms with van der Waals surface area (Å²) in [5.41, 5.74) is 6.59. The molecular formula is C14H15N3O4S. The van der Waals surface area contributed by atoms with Crippen LogP contribution in [0.3, 0.4) is 0 Å². The lowest BCUT2D eigenvalue weighted by molar-refractivity contribution is -0.383. The van der Waals surface area contributed by atoms with Gasteiger partial charge in [0.15, 0.2) is 0 Å². The van der Waals surface area contributed by atoms with Crippen molar-refractivity contribution in [2.45, 2.75) is 18.7 Å². The van der Waals surface area contributed by atoms with E-state index < -0.39 is 14.9 Å². The molecule has 116 valence electrons. The van der Waals surface area contributed by atoms with E-state index in [0.29, 0.717) is 5.56 Å². The summed E-state index contributed by atoms with van der Waals surface area (Å²) in [4.78, 5) is 10.3. The highest BCUT2D eigenvalue weighted by atomic mass is 32.2. The number of rotatable bonds is 4. The van der Waals surface area contributed by atoms with Gasteiger partial charge in [0.1, 0.15) is 5.69 Å². The van der Waals surface area contributed by atoms with Gasteiger partial charge in [0.05, 0.1) is 15.5 Å². The molecular weight excluding hydrogens is 306 g/mol. The average Bonchev–Trinajstić information content (AvgIpc) is 2.40. The highest BCUT2D eigenvalue weighted by Crippen LogP contribution is 2.31. The number of benzene rings is 2. The number of para-hydroxylation sites is 1. The second kappa shape index (κ2) is 5.64. The maximum Gasteiger partial charge on any atom is 0.294 e. The number of hydrogen-bond acceptors (Lipinski definition) is 5. The van der Waals surface area contributed by atoms with E-state index in [1.165, 1.54) is 24.3 Å². The molecule has 0 fully saturated rings. The van der Waals surface area contributed by atoms with Crippen LogP contribution in [0, 0.1) is 24.0 Å². The van der Waals surface area contributed by atoms with E-state index in [4.69, 9.17) is 5.73 Å². The maximum atomic E-state index is 12.4. The molecule has 0 unspecified atom stereocenters. The standard InChI is InChI=1S/C14H15N3O4S/c1-9-6-7-13(10(2)8-9)22(20,21)16-11-4-3-5-12(14(11)15)17(18)19/h3-8,16H,15H2,1-2H3. The first kappa shape index (κ1) is 15.8. The van der Waals surface area contributed by atoms with Crippen LogP contribution >= 0.6 is 0 Å². The van der Waals surface area contributed by atoms with E-state index in [-0.39, 0.29) is 22.0 Å². The fourth-order valence-corrected chi connectivity index (χ4v) is 3.41. The molecule has 0 radical (unpaired) electrons. The molecule has 0 aromatic heterocycles. The van der Waals surface area contributed by atoms with Crippen molar-refractivity contribution < 1.29 is 13.3 Å². The Morgan fingerprint density at radius 2 is 1.86 bits per heavy atom. The number of nitrogen functional groups attached to an aromatic ring is 1. The minimum absolute atomic E-state index is 0.0193. The Balaban J connectivity index is 2.46. The lowest BCUT2D eigenvalue weighted by Crippen LogP contribution is -2.15. The van der Waals surface area contributed by atoms with Gasteiger partial charge in [-0.05, 0) is 31.5 Å². The van der Waals surface area contributed by atoms with Crippen LogP contribution in [-0.2, 0) is 10.0 Å². The molecule has 0 aliphatic heterocycles. The molecule has 0 spiro atoms. The zero-order valence-corrected chi connectivity index (χ0v) is 12.8. The van der Waals surface area contributed by atoms with Gasteiger partial charge in [0, 0.05) is 6.07 Å². The van der Waals surface area contributed by atoms with Gasteiger partial charge in [0.2, 0.25) is 0 Å². The average molecular weight is 321 g/mol. The number of aryl methyl sites for hydroxylation is 2. The normalized spacial score (nSPS) is 11.2. The van der Waals surface area contributed by atoms with Gasteiger partial charge < -0.3 is 5.73 Å². The highest BCUT2D eigenvalue weighted by molar-refractivity contribution is 7.92. The van der Waals surface area contributed by atoms with Crippen molar-refractivity contribution >= 4 is 27.1 Å². The topological polar surface area (TPSA) is 115 Å². The smallest absolute Gasteiger partial charge is 0.294 e. The van der Waals surface area contributed by atoms with Crippen molar-refractivity contribution in [2.24, 2.45) is 0 Å². The predicted octanol–water partition coefficient (Wildman–Crippen LogP) is 2.59. The summed E-state index contributed by atoms with van der Waals surface area (Å²) in [5, 5.41) is 10.8. The molecule has 0 amide bonds. The molecule has 0 aliphatic carbocycles. The molecule has 7 nitrogen and oxygen atoms in total.